The van der Waals surface area contributed by atoms with Gasteiger partial charge in [-0.3, -0.25) is 9.59 Å². The number of nitrogens with one attached hydrogen (secondary N) is 2. The van der Waals surface area contributed by atoms with E-state index in [9.17, 15) is 9.59 Å². The number of rotatable bonds is 6. The maximum atomic E-state index is 12.5. The molecule has 32 heavy (non-hydrogen) atoms. The Morgan fingerprint density at radius 3 is 2.50 bits per heavy atom. The molecule has 0 atom stereocenters. The second-order valence-corrected chi connectivity index (χ2v) is 7.41. The van der Waals surface area contributed by atoms with Crippen molar-refractivity contribution in [3.63, 3.8) is 0 Å². The number of anilines is 1. The molecule has 0 saturated heterocycles. The minimum absolute atomic E-state index is 0.184. The number of imidazole rings is 1. The van der Waals surface area contributed by atoms with E-state index in [1.165, 1.54) is 0 Å². The van der Waals surface area contributed by atoms with Crippen LogP contribution in [0.5, 0.6) is 5.75 Å². The van der Waals surface area contributed by atoms with Gasteiger partial charge in [0.05, 0.1) is 23.7 Å². The molecule has 0 radical (unpaired) electrons. The van der Waals surface area contributed by atoms with E-state index >= 15 is 0 Å². The zero-order chi connectivity index (χ0) is 22.8. The third kappa shape index (κ3) is 3.71. The summed E-state index contributed by atoms with van der Waals surface area (Å²) in [7, 11) is 5.30. The number of amides is 2. The van der Waals surface area contributed by atoms with E-state index in [4.69, 9.17) is 9.72 Å². The van der Waals surface area contributed by atoms with Crippen molar-refractivity contribution < 1.29 is 14.3 Å². The molecule has 0 unspecified atom stereocenters. The van der Waals surface area contributed by atoms with Crippen LogP contribution in [-0.2, 0) is 14.1 Å². The molecule has 4 rings (SSSR count). The molecule has 2 N–H and O–H groups in total. The molecule has 0 saturated carbocycles. The average Bonchev–Trinajstić information content (AvgIpc) is 3.30. The quantitative estimate of drug-likeness (QED) is 0.488. The van der Waals surface area contributed by atoms with E-state index in [1.807, 2.05) is 66.6 Å². The Labute approximate surface area is 185 Å². The van der Waals surface area contributed by atoms with Gasteiger partial charge in [0, 0.05) is 38.1 Å². The zero-order valence-electron chi connectivity index (χ0n) is 18.5. The predicted molar refractivity (Wildman–Crippen MR) is 124 cm³/mol. The third-order valence-electron chi connectivity index (χ3n) is 5.31. The number of fused-ring (bicyclic) bond motifs is 1. The van der Waals surface area contributed by atoms with E-state index in [-0.39, 0.29) is 11.8 Å². The van der Waals surface area contributed by atoms with Crippen LogP contribution in [0.15, 0.2) is 54.7 Å². The summed E-state index contributed by atoms with van der Waals surface area (Å²) in [6.45, 7) is 2.39. The van der Waals surface area contributed by atoms with Crippen molar-refractivity contribution in [2.45, 2.75) is 6.92 Å². The van der Waals surface area contributed by atoms with Crippen molar-refractivity contribution >= 4 is 28.5 Å². The van der Waals surface area contributed by atoms with Crippen LogP contribution in [-0.4, -0.2) is 39.6 Å². The van der Waals surface area contributed by atoms with Gasteiger partial charge in [0.1, 0.15) is 5.69 Å². The summed E-state index contributed by atoms with van der Waals surface area (Å²) >= 11 is 0. The molecule has 4 aromatic rings. The maximum Gasteiger partial charge on any atom is 0.256 e. The highest BCUT2D eigenvalue weighted by atomic mass is 16.5. The van der Waals surface area contributed by atoms with Crippen LogP contribution in [0.4, 0.5) is 5.69 Å². The predicted octanol–water partition coefficient (Wildman–Crippen LogP) is 3.59. The van der Waals surface area contributed by atoms with Crippen LogP contribution < -0.4 is 15.4 Å². The molecule has 2 heterocycles. The molecule has 164 valence electrons. The fourth-order valence-corrected chi connectivity index (χ4v) is 3.77. The largest absolute Gasteiger partial charge is 0.494 e. The summed E-state index contributed by atoms with van der Waals surface area (Å²) in [6.07, 6.45) is 1.74. The van der Waals surface area contributed by atoms with Gasteiger partial charge < -0.3 is 24.5 Å². The Hall–Kier alpha value is -4.07. The topological polar surface area (TPSA) is 90.2 Å². The normalized spacial score (nSPS) is 10.9. The highest BCUT2D eigenvalue weighted by molar-refractivity contribution is 6.05. The van der Waals surface area contributed by atoms with Crippen LogP contribution in [0.2, 0.25) is 0 Å². The van der Waals surface area contributed by atoms with Gasteiger partial charge in [0.25, 0.3) is 11.8 Å². The van der Waals surface area contributed by atoms with E-state index in [2.05, 4.69) is 10.6 Å². The summed E-state index contributed by atoms with van der Waals surface area (Å²) in [5.74, 6) is 0.739. The van der Waals surface area contributed by atoms with Crippen molar-refractivity contribution in [2.75, 3.05) is 19.0 Å². The number of nitrogens with zero attached hydrogens (tertiary/aromatic N) is 3. The molecule has 0 aliphatic rings. The second kappa shape index (κ2) is 8.58. The highest BCUT2D eigenvalue weighted by Crippen LogP contribution is 2.35. The molecular weight excluding hydrogens is 406 g/mol. The minimum atomic E-state index is -0.198. The Morgan fingerprint density at radius 1 is 1.06 bits per heavy atom. The summed E-state index contributed by atoms with van der Waals surface area (Å²) in [4.78, 5) is 29.8. The lowest BCUT2D eigenvalue weighted by molar-refractivity contribution is 0.0952. The highest BCUT2D eigenvalue weighted by Gasteiger charge is 2.25. The van der Waals surface area contributed by atoms with Gasteiger partial charge in [0.2, 0.25) is 0 Å². The van der Waals surface area contributed by atoms with Crippen molar-refractivity contribution in [2.24, 2.45) is 14.1 Å². The number of carbonyl (C=O) groups is 2. The van der Waals surface area contributed by atoms with Crippen molar-refractivity contribution in [3.8, 4) is 17.3 Å². The molecule has 0 fully saturated rings. The Bertz CT molecular complexity index is 1300. The smallest absolute Gasteiger partial charge is 0.256 e. The van der Waals surface area contributed by atoms with Gasteiger partial charge in [-0.1, -0.05) is 18.2 Å². The number of methoxy groups -OCH3 is 1. The Balaban J connectivity index is 1.73. The number of ether oxygens (including phenoxy) is 1. The molecule has 2 amide bonds. The molecule has 2 aromatic carbocycles. The van der Waals surface area contributed by atoms with Crippen LogP contribution >= 0.6 is 0 Å². The molecule has 8 heteroatoms. The van der Waals surface area contributed by atoms with E-state index < -0.39 is 0 Å². The summed E-state index contributed by atoms with van der Waals surface area (Å²) < 4.78 is 9.38. The van der Waals surface area contributed by atoms with E-state index in [0.29, 0.717) is 40.6 Å². The lowest BCUT2D eigenvalue weighted by atomic mass is 10.2. The van der Waals surface area contributed by atoms with Crippen LogP contribution in [0, 0.1) is 0 Å². The standard InChI is InChI=1S/C24H25N5O3/c1-5-25-24(31)17-14-28(2)20(21(17)32-4)22-27-18-13-16(11-12-19(18)29(22)3)26-23(30)15-9-7-6-8-10-15/h6-14H,5H2,1-4H3,(H,25,31)(H,26,30). The van der Waals surface area contributed by atoms with Gasteiger partial charge in [-0.2, -0.15) is 0 Å². The summed E-state index contributed by atoms with van der Waals surface area (Å²) in [5, 5.41) is 5.72. The third-order valence-corrected chi connectivity index (χ3v) is 5.31. The zero-order valence-corrected chi connectivity index (χ0v) is 18.5. The minimum Gasteiger partial charge on any atom is -0.494 e. The average molecular weight is 431 g/mol. The maximum absolute atomic E-state index is 12.5. The van der Waals surface area contributed by atoms with Gasteiger partial charge >= 0.3 is 0 Å². The first-order valence-electron chi connectivity index (χ1n) is 10.3. The van der Waals surface area contributed by atoms with Crippen LogP contribution in [0.1, 0.15) is 27.6 Å². The summed E-state index contributed by atoms with van der Waals surface area (Å²) in [6, 6.07) is 14.6. The van der Waals surface area contributed by atoms with Crippen LogP contribution in [0.3, 0.4) is 0 Å². The Morgan fingerprint density at radius 2 is 1.81 bits per heavy atom. The first-order valence-corrected chi connectivity index (χ1v) is 10.3. The van der Waals surface area contributed by atoms with Crippen LogP contribution in [0.25, 0.3) is 22.6 Å². The lowest BCUT2D eigenvalue weighted by Gasteiger charge is -2.08. The number of hydrogen-bond donors (Lipinski definition) is 2. The van der Waals surface area contributed by atoms with Gasteiger partial charge in [0.15, 0.2) is 11.6 Å². The fraction of sp³-hybridized carbons (Fsp3) is 0.208. The molecule has 0 aliphatic carbocycles. The number of benzene rings is 2. The van der Waals surface area contributed by atoms with Gasteiger partial charge in [-0.25, -0.2) is 4.98 Å². The first kappa shape index (κ1) is 21.2. The fourth-order valence-electron chi connectivity index (χ4n) is 3.77. The first-order chi connectivity index (χ1) is 15.4. The van der Waals surface area contributed by atoms with Gasteiger partial charge in [-0.15, -0.1) is 0 Å². The van der Waals surface area contributed by atoms with Crippen molar-refractivity contribution in [1.29, 1.82) is 0 Å². The number of hydrogen-bond acceptors (Lipinski definition) is 4. The number of carbonyl (C=O) groups excluding carboxylic acids is 2. The second-order valence-electron chi connectivity index (χ2n) is 7.41. The van der Waals surface area contributed by atoms with E-state index in [0.717, 1.165) is 11.0 Å². The number of aryl methyl sites for hydroxylation is 2. The van der Waals surface area contributed by atoms with E-state index in [1.54, 1.807) is 25.4 Å². The molecule has 0 bridgehead atoms. The molecule has 8 nitrogen and oxygen atoms in total. The SMILES string of the molecule is CCNC(=O)c1cn(C)c(-c2nc3cc(NC(=O)c4ccccc4)ccc3n2C)c1OC. The van der Waals surface area contributed by atoms with Crippen molar-refractivity contribution in [3.05, 3.63) is 65.9 Å². The number of aromatic nitrogens is 3. The lowest BCUT2D eigenvalue weighted by Crippen LogP contribution is -2.22. The molecule has 0 spiro atoms. The molecule has 2 aromatic heterocycles. The molecule has 0 aliphatic heterocycles. The van der Waals surface area contributed by atoms with Crippen molar-refractivity contribution in [1.82, 2.24) is 19.4 Å². The Kier molecular flexibility index (Phi) is 5.68. The monoisotopic (exact) mass is 431 g/mol. The molecular formula is C24H25N5O3. The summed E-state index contributed by atoms with van der Waals surface area (Å²) in [5.41, 5.74) is 3.99. The van der Waals surface area contributed by atoms with Gasteiger partial charge in [-0.05, 0) is 37.3 Å².